The van der Waals surface area contributed by atoms with Crippen molar-refractivity contribution in [1.29, 1.82) is 0 Å². The summed E-state index contributed by atoms with van der Waals surface area (Å²) in [4.78, 5) is 14.9. The number of sulfone groups is 1. The van der Waals surface area contributed by atoms with Gasteiger partial charge in [0.25, 0.3) is 5.91 Å². The van der Waals surface area contributed by atoms with Gasteiger partial charge < -0.3 is 10.3 Å². The molecule has 1 unspecified atom stereocenters. The van der Waals surface area contributed by atoms with Gasteiger partial charge in [-0.2, -0.15) is 0 Å². The highest BCUT2D eigenvalue weighted by molar-refractivity contribution is 7.91. The van der Waals surface area contributed by atoms with Crippen LogP contribution in [0.2, 0.25) is 0 Å². The molecule has 0 aliphatic carbocycles. The van der Waals surface area contributed by atoms with Crippen LogP contribution in [-0.2, 0) is 9.84 Å². The number of halogens is 1. The van der Waals surface area contributed by atoms with Crippen molar-refractivity contribution in [3.05, 3.63) is 90.0 Å². The van der Waals surface area contributed by atoms with Crippen LogP contribution in [0.5, 0.6) is 0 Å². The van der Waals surface area contributed by atoms with E-state index in [-0.39, 0.29) is 11.4 Å². The first-order chi connectivity index (χ1) is 12.5. The van der Waals surface area contributed by atoms with Gasteiger partial charge in [-0.3, -0.25) is 4.79 Å². The molecule has 2 N–H and O–H groups in total. The van der Waals surface area contributed by atoms with Crippen molar-refractivity contribution in [1.82, 2.24) is 10.3 Å². The van der Waals surface area contributed by atoms with E-state index in [1.807, 2.05) is 0 Å². The van der Waals surface area contributed by atoms with Crippen molar-refractivity contribution in [3.8, 4) is 0 Å². The molecule has 0 saturated heterocycles. The summed E-state index contributed by atoms with van der Waals surface area (Å²) in [5.74, 6) is -0.912. The second-order valence-electron chi connectivity index (χ2n) is 5.69. The van der Waals surface area contributed by atoms with Gasteiger partial charge in [-0.25, -0.2) is 12.8 Å². The Kier molecular flexibility index (Phi) is 5.18. The molecule has 0 saturated carbocycles. The summed E-state index contributed by atoms with van der Waals surface area (Å²) in [6.45, 7) is -0.110. The van der Waals surface area contributed by atoms with Crippen molar-refractivity contribution in [3.63, 3.8) is 0 Å². The minimum absolute atomic E-state index is 0.00174. The molecule has 0 fully saturated rings. The maximum atomic E-state index is 13.2. The molecule has 5 nitrogen and oxygen atoms in total. The lowest BCUT2D eigenvalue weighted by Gasteiger charge is -2.19. The summed E-state index contributed by atoms with van der Waals surface area (Å²) in [5, 5.41) is 1.65. The van der Waals surface area contributed by atoms with Gasteiger partial charge in [-0.05, 0) is 42.0 Å². The highest BCUT2D eigenvalue weighted by atomic mass is 32.2. The number of aromatic amines is 1. The van der Waals surface area contributed by atoms with Crippen LogP contribution in [-0.4, -0.2) is 25.9 Å². The predicted octanol–water partition coefficient (Wildman–Crippen LogP) is 3.10. The van der Waals surface area contributed by atoms with Crippen LogP contribution in [0.15, 0.2) is 77.8 Å². The number of rotatable bonds is 6. The summed E-state index contributed by atoms with van der Waals surface area (Å²) in [5.41, 5.74) is 0.889. The third-order valence-electron chi connectivity index (χ3n) is 3.98. The topological polar surface area (TPSA) is 79.0 Å². The van der Waals surface area contributed by atoms with Gasteiger partial charge in [0.05, 0.1) is 4.90 Å². The molecule has 3 rings (SSSR count). The molecule has 0 aliphatic rings. The zero-order valence-electron chi connectivity index (χ0n) is 13.7. The standard InChI is InChI=1S/C19H17FN2O3S/c20-15-8-10-16(11-9-15)26(24,25)18(14-5-2-1-3-6-14)13-22-19(23)17-7-4-12-21-17/h1-12,18,21H,13H2,(H,22,23). The van der Waals surface area contributed by atoms with Crippen LogP contribution < -0.4 is 5.32 Å². The molecule has 1 amide bonds. The molecule has 0 bridgehead atoms. The van der Waals surface area contributed by atoms with Gasteiger partial charge in [0, 0.05) is 12.7 Å². The van der Waals surface area contributed by atoms with Gasteiger partial charge in [-0.1, -0.05) is 30.3 Å². The van der Waals surface area contributed by atoms with Crippen molar-refractivity contribution in [2.45, 2.75) is 10.1 Å². The van der Waals surface area contributed by atoms with Gasteiger partial charge in [0.1, 0.15) is 16.8 Å². The number of hydrogen-bond acceptors (Lipinski definition) is 3. The average molecular weight is 372 g/mol. The SMILES string of the molecule is O=C(NCC(c1ccccc1)S(=O)(=O)c1ccc(F)cc1)c1ccc[nH]1. The van der Waals surface area contributed by atoms with Crippen molar-refractivity contribution >= 4 is 15.7 Å². The minimum Gasteiger partial charge on any atom is -0.357 e. The number of nitrogens with one attached hydrogen (secondary N) is 2. The fourth-order valence-electron chi connectivity index (χ4n) is 2.62. The van der Waals surface area contributed by atoms with E-state index in [9.17, 15) is 17.6 Å². The van der Waals surface area contributed by atoms with E-state index in [1.54, 1.807) is 48.7 Å². The Morgan fingerprint density at radius 3 is 2.31 bits per heavy atom. The Bertz CT molecular complexity index is 969. The van der Waals surface area contributed by atoms with Crippen molar-refractivity contribution in [2.75, 3.05) is 6.54 Å². The van der Waals surface area contributed by atoms with Gasteiger partial charge >= 0.3 is 0 Å². The molecule has 26 heavy (non-hydrogen) atoms. The molecular weight excluding hydrogens is 355 g/mol. The van der Waals surface area contributed by atoms with Gasteiger partial charge in [0.2, 0.25) is 0 Å². The fourth-order valence-corrected chi connectivity index (χ4v) is 4.28. The molecule has 0 radical (unpaired) electrons. The number of hydrogen-bond donors (Lipinski definition) is 2. The number of carbonyl (C=O) groups excluding carboxylic acids is 1. The largest absolute Gasteiger partial charge is 0.357 e. The quantitative estimate of drug-likeness (QED) is 0.653. The first-order valence-corrected chi connectivity index (χ1v) is 9.49. The second-order valence-corrected chi connectivity index (χ2v) is 7.82. The molecule has 2 aromatic carbocycles. The Morgan fingerprint density at radius 1 is 1.00 bits per heavy atom. The third-order valence-corrected chi connectivity index (χ3v) is 6.10. The predicted molar refractivity (Wildman–Crippen MR) is 95.9 cm³/mol. The van der Waals surface area contributed by atoms with Crippen LogP contribution in [0.3, 0.4) is 0 Å². The highest BCUT2D eigenvalue weighted by Crippen LogP contribution is 2.28. The molecule has 1 atom stereocenters. The van der Waals surface area contributed by atoms with Crippen LogP contribution in [0.4, 0.5) is 4.39 Å². The summed E-state index contributed by atoms with van der Waals surface area (Å²) < 4.78 is 39.3. The molecular formula is C19H17FN2O3S. The number of H-pyrrole nitrogens is 1. The van der Waals surface area contributed by atoms with E-state index in [0.717, 1.165) is 12.1 Å². The average Bonchev–Trinajstić information content (AvgIpc) is 3.17. The maximum absolute atomic E-state index is 13.2. The summed E-state index contributed by atoms with van der Waals surface area (Å²) in [6, 6.07) is 16.6. The summed E-state index contributed by atoms with van der Waals surface area (Å²) in [6.07, 6.45) is 1.61. The Morgan fingerprint density at radius 2 is 1.69 bits per heavy atom. The monoisotopic (exact) mass is 372 g/mol. The van der Waals surface area contributed by atoms with Crippen LogP contribution in [0, 0.1) is 5.82 Å². The molecule has 3 aromatic rings. The first-order valence-electron chi connectivity index (χ1n) is 7.94. The molecule has 0 aliphatic heterocycles. The Labute approximate surface area is 150 Å². The lowest BCUT2D eigenvalue weighted by atomic mass is 10.1. The lowest BCUT2D eigenvalue weighted by Crippen LogP contribution is -2.32. The summed E-state index contributed by atoms with van der Waals surface area (Å²) in [7, 11) is -3.83. The second kappa shape index (κ2) is 7.53. The molecule has 134 valence electrons. The van der Waals surface area contributed by atoms with E-state index in [1.165, 1.54) is 12.1 Å². The normalized spacial score (nSPS) is 12.5. The van der Waals surface area contributed by atoms with E-state index in [0.29, 0.717) is 11.3 Å². The molecule has 1 aromatic heterocycles. The van der Waals surface area contributed by atoms with Gasteiger partial charge in [-0.15, -0.1) is 0 Å². The minimum atomic E-state index is -3.83. The highest BCUT2D eigenvalue weighted by Gasteiger charge is 2.29. The smallest absolute Gasteiger partial charge is 0.267 e. The Balaban J connectivity index is 1.91. The van der Waals surface area contributed by atoms with E-state index in [4.69, 9.17) is 0 Å². The van der Waals surface area contributed by atoms with Crippen LogP contribution >= 0.6 is 0 Å². The molecule has 0 spiro atoms. The first kappa shape index (κ1) is 17.9. The van der Waals surface area contributed by atoms with E-state index >= 15 is 0 Å². The zero-order chi connectivity index (χ0) is 18.6. The summed E-state index contributed by atoms with van der Waals surface area (Å²) >= 11 is 0. The zero-order valence-corrected chi connectivity index (χ0v) is 14.5. The van der Waals surface area contributed by atoms with E-state index < -0.39 is 26.8 Å². The molecule has 1 heterocycles. The third kappa shape index (κ3) is 3.83. The van der Waals surface area contributed by atoms with Gasteiger partial charge in [0.15, 0.2) is 9.84 Å². The fraction of sp³-hybridized carbons (Fsp3) is 0.105. The maximum Gasteiger partial charge on any atom is 0.267 e. The van der Waals surface area contributed by atoms with Crippen LogP contribution in [0.1, 0.15) is 21.3 Å². The number of carbonyl (C=O) groups is 1. The lowest BCUT2D eigenvalue weighted by molar-refractivity contribution is 0.0949. The number of benzene rings is 2. The van der Waals surface area contributed by atoms with Crippen LogP contribution in [0.25, 0.3) is 0 Å². The Hall–Kier alpha value is -2.93. The molecule has 7 heteroatoms. The van der Waals surface area contributed by atoms with Crippen molar-refractivity contribution < 1.29 is 17.6 Å². The number of aromatic nitrogens is 1. The van der Waals surface area contributed by atoms with Crippen molar-refractivity contribution in [2.24, 2.45) is 0 Å². The van der Waals surface area contributed by atoms with E-state index in [2.05, 4.69) is 10.3 Å². The number of amides is 1.